The third-order valence-corrected chi connectivity index (χ3v) is 4.03. The van der Waals surface area contributed by atoms with E-state index in [1.54, 1.807) is 48.5 Å². The third-order valence-electron chi connectivity index (χ3n) is 4.03. The predicted octanol–water partition coefficient (Wildman–Crippen LogP) is 4.23. The number of hydrogen-bond donors (Lipinski definition) is 4. The number of benzene rings is 2. The summed E-state index contributed by atoms with van der Waals surface area (Å²) in [6.07, 6.45) is 2.03. The lowest BCUT2D eigenvalue weighted by molar-refractivity contribution is -0.729. The molecular formula is C18H24N4O4+2. The molecule has 138 valence electrons. The van der Waals surface area contributed by atoms with Gasteiger partial charge in [0.1, 0.15) is 0 Å². The van der Waals surface area contributed by atoms with Crippen molar-refractivity contribution in [1.82, 2.24) is 0 Å². The third kappa shape index (κ3) is 6.04. The lowest BCUT2D eigenvalue weighted by atomic mass is 10.1. The van der Waals surface area contributed by atoms with Crippen LogP contribution in [0.2, 0.25) is 0 Å². The highest BCUT2D eigenvalue weighted by atomic mass is 16.6. The summed E-state index contributed by atoms with van der Waals surface area (Å²) in [5.41, 5.74) is 2.20. The van der Waals surface area contributed by atoms with Gasteiger partial charge in [-0.25, -0.2) is 10.4 Å². The van der Waals surface area contributed by atoms with Crippen molar-refractivity contribution in [3.63, 3.8) is 0 Å². The second-order valence-electron chi connectivity index (χ2n) is 6.19. The molecule has 0 spiro atoms. The van der Waals surface area contributed by atoms with Crippen LogP contribution >= 0.6 is 0 Å². The van der Waals surface area contributed by atoms with E-state index in [0.29, 0.717) is 5.92 Å². The van der Waals surface area contributed by atoms with Crippen LogP contribution in [0.15, 0.2) is 48.5 Å². The smallest absolute Gasteiger partial charge is 0.316 e. The van der Waals surface area contributed by atoms with E-state index in [1.165, 1.54) is 0 Å². The van der Waals surface area contributed by atoms with Crippen molar-refractivity contribution in [2.75, 3.05) is 23.7 Å². The normalized spacial score (nSPS) is 11.6. The van der Waals surface area contributed by atoms with Crippen molar-refractivity contribution < 1.29 is 20.3 Å². The highest BCUT2D eigenvalue weighted by molar-refractivity contribution is 5.49. The second-order valence-corrected chi connectivity index (χ2v) is 6.19. The first-order chi connectivity index (χ1) is 12.5. The van der Waals surface area contributed by atoms with E-state index in [-0.39, 0.29) is 21.2 Å². The molecule has 0 saturated carbocycles. The predicted molar refractivity (Wildman–Crippen MR) is 98.4 cm³/mol. The van der Waals surface area contributed by atoms with Gasteiger partial charge >= 0.3 is 11.4 Å². The molecule has 0 radical (unpaired) electrons. The fourth-order valence-electron chi connectivity index (χ4n) is 2.49. The minimum Gasteiger partial charge on any atom is -0.385 e. The van der Waals surface area contributed by atoms with E-state index in [4.69, 9.17) is 10.4 Å². The first-order valence-electron chi connectivity index (χ1n) is 8.46. The van der Waals surface area contributed by atoms with E-state index < -0.39 is 0 Å². The zero-order valence-corrected chi connectivity index (χ0v) is 14.6. The number of anilines is 2. The van der Waals surface area contributed by atoms with Crippen LogP contribution in [-0.4, -0.2) is 33.4 Å². The molecule has 8 heteroatoms. The maximum absolute atomic E-state index is 10.7. The van der Waals surface area contributed by atoms with Crippen LogP contribution in [-0.2, 0) is 0 Å². The van der Waals surface area contributed by atoms with Gasteiger partial charge in [-0.3, -0.25) is 0 Å². The average Bonchev–Trinajstić information content (AvgIpc) is 2.64. The summed E-state index contributed by atoms with van der Waals surface area (Å²) in [4.78, 5) is 21.1. The fraction of sp³-hybridized carbons (Fsp3) is 0.333. The molecule has 0 fully saturated rings. The van der Waals surface area contributed by atoms with E-state index >= 15 is 0 Å². The van der Waals surface area contributed by atoms with Crippen molar-refractivity contribution >= 4 is 22.7 Å². The van der Waals surface area contributed by atoms with E-state index in [9.17, 15) is 9.81 Å². The summed E-state index contributed by atoms with van der Waals surface area (Å²) in [5, 5.41) is 24.2. The Bertz CT molecular complexity index is 732. The Hall–Kier alpha value is -3.16. The van der Waals surface area contributed by atoms with Crippen LogP contribution in [0, 0.1) is 15.7 Å². The van der Waals surface area contributed by atoms with Gasteiger partial charge in [-0.1, -0.05) is 6.92 Å². The van der Waals surface area contributed by atoms with Gasteiger partial charge < -0.3 is 10.6 Å². The summed E-state index contributed by atoms with van der Waals surface area (Å²) < 4.78 is 0. The maximum Gasteiger partial charge on any atom is 0.316 e. The molecule has 8 nitrogen and oxygen atoms in total. The van der Waals surface area contributed by atoms with Gasteiger partial charge in [-0.05, 0) is 43.0 Å². The summed E-state index contributed by atoms with van der Waals surface area (Å²) in [7, 11) is 0. The molecule has 1 unspecified atom stereocenters. The minimum absolute atomic E-state index is 0.159. The number of rotatable bonds is 10. The Morgan fingerprint density at radius 1 is 0.846 bits per heavy atom. The molecule has 0 bridgehead atoms. The van der Waals surface area contributed by atoms with Crippen molar-refractivity contribution in [1.29, 1.82) is 0 Å². The topological polar surface area (TPSA) is 105 Å². The van der Waals surface area contributed by atoms with Crippen molar-refractivity contribution in [2.45, 2.75) is 19.8 Å². The van der Waals surface area contributed by atoms with Gasteiger partial charge in [0.2, 0.25) is 0 Å². The van der Waals surface area contributed by atoms with Crippen molar-refractivity contribution in [3.05, 3.63) is 58.3 Å². The zero-order valence-electron chi connectivity index (χ0n) is 14.6. The molecule has 2 aromatic rings. The lowest BCUT2D eigenvalue weighted by Crippen LogP contribution is -2.13. The van der Waals surface area contributed by atoms with Crippen LogP contribution in [0.5, 0.6) is 0 Å². The van der Waals surface area contributed by atoms with Gasteiger partial charge in [-0.2, -0.15) is 0 Å². The molecule has 0 aliphatic carbocycles. The van der Waals surface area contributed by atoms with E-state index in [0.717, 1.165) is 37.3 Å². The highest BCUT2D eigenvalue weighted by Crippen LogP contribution is 2.17. The molecule has 0 amide bonds. The molecule has 1 atom stereocenters. The molecular weight excluding hydrogens is 336 g/mol. The van der Waals surface area contributed by atoms with Crippen LogP contribution in [0.1, 0.15) is 19.8 Å². The molecule has 0 aromatic heterocycles. The average molecular weight is 360 g/mol. The van der Waals surface area contributed by atoms with Gasteiger partial charge in [0.25, 0.3) is 9.85 Å². The Labute approximate surface area is 151 Å². The Morgan fingerprint density at radius 3 is 1.77 bits per heavy atom. The Balaban J connectivity index is 1.64. The van der Waals surface area contributed by atoms with Crippen LogP contribution in [0.4, 0.5) is 22.7 Å². The van der Waals surface area contributed by atoms with E-state index in [1.807, 2.05) is 0 Å². The molecule has 0 heterocycles. The SMILES string of the molecule is CC(CCCNc1ccc([N+](=O)O)cc1)CNc1ccc([N+](=O)O)cc1. The molecule has 4 N–H and O–H groups in total. The van der Waals surface area contributed by atoms with Crippen LogP contribution in [0.25, 0.3) is 0 Å². The molecule has 0 aliphatic heterocycles. The first kappa shape index (κ1) is 19.2. The summed E-state index contributed by atoms with van der Waals surface area (Å²) in [6.45, 7) is 3.78. The minimum atomic E-state index is -0.160. The maximum atomic E-state index is 10.7. The number of nitrogens with zero attached hydrogens (tertiary/aromatic N) is 2. The number of hydrogen-bond acceptors (Lipinski definition) is 4. The summed E-state index contributed by atoms with van der Waals surface area (Å²) in [6, 6.07) is 13.2. The van der Waals surface area contributed by atoms with Crippen LogP contribution < -0.4 is 10.6 Å². The van der Waals surface area contributed by atoms with Gasteiger partial charge in [0.15, 0.2) is 0 Å². The van der Waals surface area contributed by atoms with Crippen LogP contribution in [0.3, 0.4) is 0 Å². The highest BCUT2D eigenvalue weighted by Gasteiger charge is 2.11. The fourth-order valence-corrected chi connectivity index (χ4v) is 2.49. The van der Waals surface area contributed by atoms with Gasteiger partial charge in [0, 0.05) is 48.7 Å². The standard InChI is InChI=1S/C18H24N4O4/c1-14(13-20-16-6-10-18(11-7-16)22(25)26)3-2-12-19-15-4-8-17(9-5-15)21(23)24/h4-11,14,19-20H,2-3,12-13H2,1H3,(H,23,24)(H,25,26)/q+2. The molecule has 2 rings (SSSR count). The molecule has 0 aliphatic rings. The largest absolute Gasteiger partial charge is 0.385 e. The first-order valence-corrected chi connectivity index (χ1v) is 8.46. The zero-order chi connectivity index (χ0) is 18.9. The quantitative estimate of drug-likeness (QED) is 0.373. The summed E-state index contributed by atoms with van der Waals surface area (Å²) in [5.74, 6) is 0.469. The Morgan fingerprint density at radius 2 is 1.31 bits per heavy atom. The molecule has 26 heavy (non-hydrogen) atoms. The monoisotopic (exact) mass is 360 g/mol. The lowest BCUT2D eigenvalue weighted by Gasteiger charge is -2.14. The second kappa shape index (κ2) is 9.36. The Kier molecular flexibility index (Phi) is 6.90. The van der Waals surface area contributed by atoms with Gasteiger partial charge in [0.05, 0.1) is 9.81 Å². The van der Waals surface area contributed by atoms with E-state index in [2.05, 4.69) is 17.6 Å². The van der Waals surface area contributed by atoms with Crippen molar-refractivity contribution in [3.8, 4) is 0 Å². The van der Waals surface area contributed by atoms with Gasteiger partial charge in [-0.15, -0.1) is 0 Å². The van der Waals surface area contributed by atoms with Crippen molar-refractivity contribution in [2.24, 2.45) is 5.92 Å². The molecule has 0 saturated heterocycles. The molecule has 2 aromatic carbocycles. The summed E-state index contributed by atoms with van der Waals surface area (Å²) >= 11 is 0. The number of nitrogens with one attached hydrogen (secondary N) is 2.